The zero-order chi connectivity index (χ0) is 19.0. The maximum atomic E-state index is 12.2. The number of hydrogen-bond donors (Lipinski definition) is 1. The molecule has 2 rings (SSSR count). The summed E-state index contributed by atoms with van der Waals surface area (Å²) in [7, 11) is 0. The van der Waals surface area contributed by atoms with Gasteiger partial charge in [0.15, 0.2) is 0 Å². The molecule has 6 heteroatoms. The fourth-order valence-electron chi connectivity index (χ4n) is 2.82. The maximum absolute atomic E-state index is 12.2. The molecule has 0 spiro atoms. The van der Waals surface area contributed by atoms with Gasteiger partial charge in [-0.2, -0.15) is 0 Å². The lowest BCUT2D eigenvalue weighted by Gasteiger charge is -2.34. The van der Waals surface area contributed by atoms with Crippen LogP contribution in [0.15, 0.2) is 30.3 Å². The highest BCUT2D eigenvalue weighted by Gasteiger charge is 2.27. The molecule has 1 aromatic rings. The van der Waals surface area contributed by atoms with Gasteiger partial charge in [-0.3, -0.25) is 4.79 Å². The summed E-state index contributed by atoms with van der Waals surface area (Å²) in [4.78, 5) is 25.7. The molecule has 1 atom stereocenters. The summed E-state index contributed by atoms with van der Waals surface area (Å²) in [6.07, 6.45) is 1.95. The lowest BCUT2D eigenvalue weighted by molar-refractivity contribution is -0.144. The van der Waals surface area contributed by atoms with Crippen molar-refractivity contribution < 1.29 is 19.1 Å². The lowest BCUT2D eigenvalue weighted by atomic mass is 10.1. The summed E-state index contributed by atoms with van der Waals surface area (Å²) >= 11 is 0. The van der Waals surface area contributed by atoms with Crippen molar-refractivity contribution in [2.75, 3.05) is 19.6 Å². The molecule has 0 radical (unpaired) electrons. The standard InChI is InChI=1S/C20H30N2O4/c1-20(2,3)26-19(24)22-13-7-10-17(14-22)21-12-11-18(23)25-15-16-8-5-4-6-9-16/h4-6,8-9,17,21H,7,10-15H2,1-3H3/t17-/m1/s1. The highest BCUT2D eigenvalue weighted by Crippen LogP contribution is 2.15. The van der Waals surface area contributed by atoms with Crippen molar-refractivity contribution in [1.29, 1.82) is 0 Å². The molecule has 1 saturated heterocycles. The summed E-state index contributed by atoms with van der Waals surface area (Å²) in [5, 5.41) is 3.35. The minimum absolute atomic E-state index is 0.179. The van der Waals surface area contributed by atoms with E-state index in [4.69, 9.17) is 9.47 Å². The molecule has 1 fully saturated rings. The molecule has 1 aliphatic rings. The topological polar surface area (TPSA) is 67.9 Å². The highest BCUT2D eigenvalue weighted by molar-refractivity contribution is 5.69. The van der Waals surface area contributed by atoms with Crippen molar-refractivity contribution in [2.24, 2.45) is 0 Å². The molecule has 1 aromatic carbocycles. The Bertz CT molecular complexity index is 583. The first-order valence-corrected chi connectivity index (χ1v) is 9.24. The zero-order valence-corrected chi connectivity index (χ0v) is 16.0. The van der Waals surface area contributed by atoms with E-state index < -0.39 is 5.60 Å². The lowest BCUT2D eigenvalue weighted by Crippen LogP contribution is -2.49. The van der Waals surface area contributed by atoms with Crippen LogP contribution in [0.25, 0.3) is 0 Å². The predicted octanol–water partition coefficient (Wildman–Crippen LogP) is 3.11. The summed E-state index contributed by atoms with van der Waals surface area (Å²) < 4.78 is 10.7. The third-order valence-corrected chi connectivity index (χ3v) is 4.08. The van der Waals surface area contributed by atoms with Gasteiger partial charge in [0.2, 0.25) is 0 Å². The van der Waals surface area contributed by atoms with Crippen LogP contribution in [-0.2, 0) is 20.9 Å². The van der Waals surface area contributed by atoms with Gasteiger partial charge < -0.3 is 19.7 Å². The number of rotatable bonds is 6. The first kappa shape index (κ1) is 20.2. The quantitative estimate of drug-likeness (QED) is 0.788. The Labute approximate surface area is 155 Å². The third-order valence-electron chi connectivity index (χ3n) is 4.08. The van der Waals surface area contributed by atoms with Gasteiger partial charge in [-0.1, -0.05) is 30.3 Å². The highest BCUT2D eigenvalue weighted by atomic mass is 16.6. The van der Waals surface area contributed by atoms with Crippen LogP contribution in [0.1, 0.15) is 45.6 Å². The van der Waals surface area contributed by atoms with Crippen molar-refractivity contribution in [3.63, 3.8) is 0 Å². The summed E-state index contributed by atoms with van der Waals surface area (Å²) in [6, 6.07) is 9.81. The van der Waals surface area contributed by atoms with Gasteiger partial charge in [0.1, 0.15) is 12.2 Å². The first-order valence-electron chi connectivity index (χ1n) is 9.24. The molecule has 26 heavy (non-hydrogen) atoms. The molecular formula is C20H30N2O4. The van der Waals surface area contributed by atoms with Gasteiger partial charge in [0.25, 0.3) is 0 Å². The van der Waals surface area contributed by atoms with Crippen LogP contribution in [-0.4, -0.2) is 48.2 Å². The molecule has 0 saturated carbocycles. The predicted molar refractivity (Wildman–Crippen MR) is 99.7 cm³/mol. The molecule has 0 aromatic heterocycles. The van der Waals surface area contributed by atoms with Gasteiger partial charge in [-0.15, -0.1) is 0 Å². The SMILES string of the molecule is CC(C)(C)OC(=O)N1CCC[C@@H](NCCC(=O)OCc2ccccc2)C1. The molecule has 1 aliphatic heterocycles. The van der Waals surface area contributed by atoms with Gasteiger partial charge in [0, 0.05) is 25.7 Å². The summed E-state index contributed by atoms with van der Waals surface area (Å²) in [5.41, 5.74) is 0.494. The number of nitrogens with zero attached hydrogens (tertiary/aromatic N) is 1. The number of hydrogen-bond acceptors (Lipinski definition) is 5. The smallest absolute Gasteiger partial charge is 0.410 e. The summed E-state index contributed by atoms with van der Waals surface area (Å²) in [6.45, 7) is 7.76. The Morgan fingerprint density at radius 3 is 2.65 bits per heavy atom. The van der Waals surface area contributed by atoms with Gasteiger partial charge in [-0.05, 0) is 39.2 Å². The van der Waals surface area contributed by atoms with Crippen LogP contribution < -0.4 is 5.32 Å². The molecule has 144 valence electrons. The minimum atomic E-state index is -0.486. The van der Waals surface area contributed by atoms with E-state index in [1.165, 1.54) is 0 Å². The fourth-order valence-corrected chi connectivity index (χ4v) is 2.82. The fraction of sp³-hybridized carbons (Fsp3) is 0.600. The Hall–Kier alpha value is -2.08. The molecule has 1 N–H and O–H groups in total. The molecule has 0 unspecified atom stereocenters. The molecule has 1 amide bonds. The Balaban J connectivity index is 1.65. The van der Waals surface area contributed by atoms with Crippen LogP contribution in [0.4, 0.5) is 4.79 Å². The monoisotopic (exact) mass is 362 g/mol. The Kier molecular flexibility index (Phi) is 7.45. The Morgan fingerprint density at radius 1 is 1.23 bits per heavy atom. The first-order chi connectivity index (χ1) is 12.3. The number of likely N-dealkylation sites (tertiary alicyclic amines) is 1. The number of carbonyl (C=O) groups excluding carboxylic acids is 2. The van der Waals surface area contributed by atoms with Crippen molar-refractivity contribution in [3.05, 3.63) is 35.9 Å². The number of benzene rings is 1. The van der Waals surface area contributed by atoms with E-state index in [9.17, 15) is 9.59 Å². The normalized spacial score (nSPS) is 17.7. The van der Waals surface area contributed by atoms with Gasteiger partial charge >= 0.3 is 12.1 Å². The van der Waals surface area contributed by atoms with Gasteiger partial charge in [0.05, 0.1) is 6.42 Å². The van der Waals surface area contributed by atoms with Crippen LogP contribution in [0.2, 0.25) is 0 Å². The maximum Gasteiger partial charge on any atom is 0.410 e. The molecular weight excluding hydrogens is 332 g/mol. The van der Waals surface area contributed by atoms with E-state index in [2.05, 4.69) is 5.32 Å². The average molecular weight is 362 g/mol. The second kappa shape index (κ2) is 9.57. The van der Waals surface area contributed by atoms with E-state index in [0.29, 0.717) is 32.7 Å². The molecule has 6 nitrogen and oxygen atoms in total. The average Bonchev–Trinajstić information content (AvgIpc) is 2.60. The van der Waals surface area contributed by atoms with E-state index >= 15 is 0 Å². The minimum Gasteiger partial charge on any atom is -0.461 e. The number of carbonyl (C=O) groups is 2. The second-order valence-electron chi connectivity index (χ2n) is 7.62. The van der Waals surface area contributed by atoms with E-state index in [1.54, 1.807) is 4.90 Å². The molecule has 0 bridgehead atoms. The number of ether oxygens (including phenoxy) is 2. The zero-order valence-electron chi connectivity index (χ0n) is 16.0. The largest absolute Gasteiger partial charge is 0.461 e. The number of piperidine rings is 1. The Morgan fingerprint density at radius 2 is 1.96 bits per heavy atom. The van der Waals surface area contributed by atoms with Crippen LogP contribution in [0, 0.1) is 0 Å². The van der Waals surface area contributed by atoms with Crippen molar-refractivity contribution in [1.82, 2.24) is 10.2 Å². The third kappa shape index (κ3) is 7.44. The van der Waals surface area contributed by atoms with Crippen LogP contribution >= 0.6 is 0 Å². The van der Waals surface area contributed by atoms with Crippen LogP contribution in [0.3, 0.4) is 0 Å². The van der Waals surface area contributed by atoms with Crippen molar-refractivity contribution in [2.45, 2.75) is 58.3 Å². The number of amides is 1. The number of nitrogens with one attached hydrogen (secondary N) is 1. The van der Waals surface area contributed by atoms with Crippen molar-refractivity contribution >= 4 is 12.1 Å². The van der Waals surface area contributed by atoms with Crippen LogP contribution in [0.5, 0.6) is 0 Å². The van der Waals surface area contributed by atoms with Crippen molar-refractivity contribution in [3.8, 4) is 0 Å². The van der Waals surface area contributed by atoms with E-state index in [-0.39, 0.29) is 18.1 Å². The second-order valence-corrected chi connectivity index (χ2v) is 7.62. The molecule has 1 heterocycles. The van der Waals surface area contributed by atoms with E-state index in [0.717, 1.165) is 18.4 Å². The molecule has 0 aliphatic carbocycles. The summed E-state index contributed by atoms with van der Waals surface area (Å²) in [5.74, 6) is -0.221. The van der Waals surface area contributed by atoms with Gasteiger partial charge in [-0.25, -0.2) is 4.79 Å². The van der Waals surface area contributed by atoms with E-state index in [1.807, 2.05) is 51.1 Å². The number of esters is 1.